The number of nitrogens with zero attached hydrogens (tertiary/aromatic N) is 1. The van der Waals surface area contributed by atoms with Crippen LogP contribution in [0.5, 0.6) is 0 Å². The van der Waals surface area contributed by atoms with Crippen molar-refractivity contribution in [3.63, 3.8) is 0 Å². The van der Waals surface area contributed by atoms with E-state index in [2.05, 4.69) is 10.2 Å². The predicted octanol–water partition coefficient (Wildman–Crippen LogP) is 0.995. The molecule has 0 fully saturated rings. The second-order valence-electron chi connectivity index (χ2n) is 3.66. The number of hydrogen-bond donors (Lipinski definition) is 1. The maximum atomic E-state index is 11.0. The van der Waals surface area contributed by atoms with E-state index in [1.54, 1.807) is 6.92 Å². The summed E-state index contributed by atoms with van der Waals surface area (Å²) in [5, 5.41) is 3.16. The van der Waals surface area contributed by atoms with E-state index in [9.17, 15) is 4.79 Å². The molecular formula is C11H22N2O2. The highest BCUT2D eigenvalue weighted by atomic mass is 16.5. The molecule has 0 bridgehead atoms. The highest BCUT2D eigenvalue weighted by molar-refractivity contribution is 5.82. The van der Waals surface area contributed by atoms with E-state index in [1.807, 2.05) is 21.0 Å². The first-order valence-electron chi connectivity index (χ1n) is 5.30. The maximum absolute atomic E-state index is 11.0. The van der Waals surface area contributed by atoms with Crippen molar-refractivity contribution in [1.82, 2.24) is 10.2 Å². The molecule has 88 valence electrons. The lowest BCUT2D eigenvalue weighted by Gasteiger charge is -2.10. The molecule has 4 nitrogen and oxygen atoms in total. The Hall–Kier alpha value is -1.03. The van der Waals surface area contributed by atoms with Crippen LogP contribution in [0.4, 0.5) is 0 Å². The van der Waals surface area contributed by atoms with Crippen molar-refractivity contribution in [3.05, 3.63) is 11.8 Å². The largest absolute Gasteiger partial charge is 0.463 e. The summed E-state index contributed by atoms with van der Waals surface area (Å²) < 4.78 is 4.79. The second-order valence-corrected chi connectivity index (χ2v) is 3.66. The van der Waals surface area contributed by atoms with E-state index >= 15 is 0 Å². The number of ether oxygens (including phenoxy) is 1. The summed E-state index contributed by atoms with van der Waals surface area (Å²) in [6.07, 6.45) is 2.54. The third kappa shape index (κ3) is 9.28. The molecule has 0 rings (SSSR count). The third-order valence-corrected chi connectivity index (χ3v) is 1.81. The number of carbonyl (C=O) groups is 1. The molecule has 0 unspecified atom stereocenters. The number of carbonyl (C=O) groups excluding carboxylic acids is 1. The van der Waals surface area contributed by atoms with Gasteiger partial charge in [0, 0.05) is 18.3 Å². The molecule has 0 aromatic heterocycles. The topological polar surface area (TPSA) is 41.6 Å². The van der Waals surface area contributed by atoms with Gasteiger partial charge in [0.25, 0.3) is 0 Å². The first kappa shape index (κ1) is 14.0. The summed E-state index contributed by atoms with van der Waals surface area (Å²) in [6, 6.07) is 0. The van der Waals surface area contributed by atoms with E-state index in [1.165, 1.54) is 6.08 Å². The Bertz CT molecular complexity index is 213. The molecule has 0 aromatic rings. The summed E-state index contributed by atoms with van der Waals surface area (Å²) >= 11 is 0. The molecule has 0 aliphatic heterocycles. The fourth-order valence-corrected chi connectivity index (χ4v) is 1.09. The van der Waals surface area contributed by atoms with Crippen LogP contribution in [0.2, 0.25) is 0 Å². The van der Waals surface area contributed by atoms with Gasteiger partial charge in [-0.3, -0.25) is 0 Å². The van der Waals surface area contributed by atoms with Crippen LogP contribution < -0.4 is 5.32 Å². The summed E-state index contributed by atoms with van der Waals surface area (Å²) in [6.45, 7) is 6.00. The number of allylic oxidation sites excluding steroid dienone is 1. The second kappa shape index (κ2) is 8.29. The van der Waals surface area contributed by atoms with Crippen LogP contribution in [-0.2, 0) is 9.53 Å². The molecule has 0 radical (unpaired) electrons. The van der Waals surface area contributed by atoms with Gasteiger partial charge in [-0.15, -0.1) is 0 Å². The van der Waals surface area contributed by atoms with Gasteiger partial charge < -0.3 is 15.0 Å². The first-order valence-corrected chi connectivity index (χ1v) is 5.30. The molecule has 0 spiro atoms. The van der Waals surface area contributed by atoms with E-state index < -0.39 is 0 Å². The number of nitrogens with one attached hydrogen (secondary N) is 1. The Labute approximate surface area is 92.3 Å². The van der Waals surface area contributed by atoms with E-state index in [0.717, 1.165) is 25.2 Å². The Kier molecular flexibility index (Phi) is 7.72. The van der Waals surface area contributed by atoms with Gasteiger partial charge in [-0.2, -0.15) is 0 Å². The maximum Gasteiger partial charge on any atom is 0.332 e. The molecule has 0 saturated carbocycles. The fraction of sp³-hybridized carbons (Fsp3) is 0.727. The van der Waals surface area contributed by atoms with Gasteiger partial charge >= 0.3 is 5.97 Å². The Morgan fingerprint density at radius 2 is 2.13 bits per heavy atom. The molecule has 15 heavy (non-hydrogen) atoms. The number of esters is 1. The Balaban J connectivity index is 3.63. The number of rotatable bonds is 7. The van der Waals surface area contributed by atoms with Gasteiger partial charge in [0.1, 0.15) is 0 Å². The molecule has 1 N–H and O–H groups in total. The third-order valence-electron chi connectivity index (χ3n) is 1.81. The lowest BCUT2D eigenvalue weighted by Crippen LogP contribution is -2.20. The molecule has 0 aliphatic rings. The van der Waals surface area contributed by atoms with Crippen molar-refractivity contribution >= 4 is 5.97 Å². The highest BCUT2D eigenvalue weighted by Gasteiger charge is 1.97. The number of hydrogen-bond acceptors (Lipinski definition) is 4. The average Bonchev–Trinajstić information content (AvgIpc) is 2.12. The van der Waals surface area contributed by atoms with Gasteiger partial charge in [-0.1, -0.05) is 0 Å². The Morgan fingerprint density at radius 3 is 2.67 bits per heavy atom. The zero-order valence-electron chi connectivity index (χ0n) is 10.2. The van der Waals surface area contributed by atoms with Crippen LogP contribution >= 0.6 is 0 Å². The molecule has 0 aromatic carbocycles. The fourth-order valence-electron chi connectivity index (χ4n) is 1.09. The van der Waals surface area contributed by atoms with Gasteiger partial charge in [-0.05, 0) is 40.9 Å². The molecule has 0 amide bonds. The molecule has 0 saturated heterocycles. The van der Waals surface area contributed by atoms with Crippen molar-refractivity contribution in [3.8, 4) is 0 Å². The smallest absolute Gasteiger partial charge is 0.332 e. The quantitative estimate of drug-likeness (QED) is 0.390. The summed E-state index contributed by atoms with van der Waals surface area (Å²) in [5.74, 6) is -0.282. The van der Waals surface area contributed by atoms with Crippen molar-refractivity contribution in [1.29, 1.82) is 0 Å². The summed E-state index contributed by atoms with van der Waals surface area (Å²) in [7, 11) is 4.09. The molecule has 0 aliphatic carbocycles. The predicted molar refractivity (Wildman–Crippen MR) is 61.6 cm³/mol. The summed E-state index contributed by atoms with van der Waals surface area (Å²) in [5.41, 5.74) is 0.854. The van der Waals surface area contributed by atoms with Crippen molar-refractivity contribution in [2.45, 2.75) is 20.3 Å². The minimum absolute atomic E-state index is 0.282. The lowest BCUT2D eigenvalue weighted by atomic mass is 10.3. The Morgan fingerprint density at radius 1 is 1.47 bits per heavy atom. The normalized spacial score (nSPS) is 11.7. The molecule has 0 atom stereocenters. The molecular weight excluding hydrogens is 192 g/mol. The highest BCUT2D eigenvalue weighted by Crippen LogP contribution is 1.90. The van der Waals surface area contributed by atoms with Crippen LogP contribution in [0.1, 0.15) is 20.3 Å². The van der Waals surface area contributed by atoms with Crippen LogP contribution in [0.15, 0.2) is 11.8 Å². The van der Waals surface area contributed by atoms with Crippen LogP contribution in [0.3, 0.4) is 0 Å². The summed E-state index contributed by atoms with van der Waals surface area (Å²) in [4.78, 5) is 13.2. The van der Waals surface area contributed by atoms with E-state index in [0.29, 0.717) is 6.61 Å². The van der Waals surface area contributed by atoms with Gasteiger partial charge in [-0.25, -0.2) is 4.79 Å². The van der Waals surface area contributed by atoms with E-state index in [4.69, 9.17) is 4.74 Å². The minimum Gasteiger partial charge on any atom is -0.463 e. The zero-order valence-corrected chi connectivity index (χ0v) is 10.2. The SMILES string of the molecule is CCOC(=O)C=C(C)NCCCN(C)C. The van der Waals surface area contributed by atoms with Crippen LogP contribution in [0, 0.1) is 0 Å². The van der Waals surface area contributed by atoms with Gasteiger partial charge in [0.05, 0.1) is 6.61 Å². The van der Waals surface area contributed by atoms with Crippen LogP contribution in [0.25, 0.3) is 0 Å². The van der Waals surface area contributed by atoms with E-state index in [-0.39, 0.29) is 5.97 Å². The lowest BCUT2D eigenvalue weighted by molar-refractivity contribution is -0.137. The van der Waals surface area contributed by atoms with Gasteiger partial charge in [0.2, 0.25) is 0 Å². The van der Waals surface area contributed by atoms with Crippen molar-refractivity contribution in [2.24, 2.45) is 0 Å². The zero-order chi connectivity index (χ0) is 11.7. The van der Waals surface area contributed by atoms with Crippen molar-refractivity contribution < 1.29 is 9.53 Å². The monoisotopic (exact) mass is 214 g/mol. The molecule has 4 heteroatoms. The molecule has 0 heterocycles. The van der Waals surface area contributed by atoms with Crippen LogP contribution in [-0.4, -0.2) is 44.7 Å². The van der Waals surface area contributed by atoms with Crippen molar-refractivity contribution in [2.75, 3.05) is 33.8 Å². The average molecular weight is 214 g/mol. The van der Waals surface area contributed by atoms with Gasteiger partial charge in [0.15, 0.2) is 0 Å². The minimum atomic E-state index is -0.282. The first-order chi connectivity index (χ1) is 7.06. The standard InChI is InChI=1S/C11H22N2O2/c1-5-15-11(14)9-10(2)12-7-6-8-13(3)4/h9,12H,5-8H2,1-4H3.